The summed E-state index contributed by atoms with van der Waals surface area (Å²) in [7, 11) is 1.29. The average Bonchev–Trinajstić information content (AvgIpc) is 2.67. The van der Waals surface area contributed by atoms with Gasteiger partial charge in [-0.05, 0) is 28.1 Å². The molecule has 1 aromatic rings. The zero-order valence-electron chi connectivity index (χ0n) is 9.24. The van der Waals surface area contributed by atoms with Gasteiger partial charge < -0.3 is 4.90 Å². The lowest BCUT2D eigenvalue weighted by Crippen LogP contribution is -2.27. The van der Waals surface area contributed by atoms with Crippen molar-refractivity contribution < 1.29 is 22.0 Å². The Morgan fingerprint density at radius 1 is 1.32 bits per heavy atom. The van der Waals surface area contributed by atoms with Gasteiger partial charge >= 0.3 is 0 Å². The first-order chi connectivity index (χ1) is 8.70. The number of hydrogen-bond donors (Lipinski definition) is 0. The van der Waals surface area contributed by atoms with Gasteiger partial charge in [0.25, 0.3) is 0 Å². The normalized spacial score (nSPS) is 20.1. The number of benzene rings is 1. The first kappa shape index (κ1) is 14.7. The molecule has 1 fully saturated rings. The summed E-state index contributed by atoms with van der Waals surface area (Å²) < 4.78 is 48.8. The molecule has 1 aliphatic heterocycles. The van der Waals surface area contributed by atoms with E-state index >= 15 is 0 Å². The smallest absolute Gasteiger partial charge is 0.237 e. The van der Waals surface area contributed by atoms with Crippen molar-refractivity contribution in [1.82, 2.24) is 0 Å². The summed E-state index contributed by atoms with van der Waals surface area (Å²) in [6, 6.07) is 1.91. The molecule has 19 heavy (non-hydrogen) atoms. The van der Waals surface area contributed by atoms with Crippen molar-refractivity contribution >= 4 is 47.3 Å². The fourth-order valence-electron chi connectivity index (χ4n) is 1.81. The molecule has 1 heterocycles. The third-order valence-electron chi connectivity index (χ3n) is 2.77. The van der Waals surface area contributed by atoms with E-state index in [0.717, 1.165) is 17.0 Å². The number of carbonyl (C=O) groups is 1. The number of anilines is 1. The molecule has 0 saturated carbocycles. The fourth-order valence-corrected chi connectivity index (χ4v) is 3.07. The molecule has 1 unspecified atom stereocenters. The van der Waals surface area contributed by atoms with Crippen LogP contribution in [0.2, 0.25) is 0 Å². The summed E-state index contributed by atoms with van der Waals surface area (Å²) in [6.07, 6.45) is -0.300. The molecule has 1 saturated heterocycles. The number of halogens is 4. The summed E-state index contributed by atoms with van der Waals surface area (Å²) >= 11 is 2.71. The fraction of sp³-hybridized carbons (Fsp3) is 0.300. The van der Waals surface area contributed by atoms with Crippen molar-refractivity contribution in [3.8, 4) is 0 Å². The van der Waals surface area contributed by atoms with Crippen LogP contribution in [0.5, 0.6) is 0 Å². The van der Waals surface area contributed by atoms with Gasteiger partial charge in [-0.1, -0.05) is 0 Å². The molecule has 2 rings (SSSR count). The highest BCUT2D eigenvalue weighted by molar-refractivity contribution is 9.10. The summed E-state index contributed by atoms with van der Waals surface area (Å²) in [6.45, 7) is -0.217. The molecule has 0 bridgehead atoms. The number of hydrogen-bond acceptors (Lipinski definition) is 3. The second-order valence-corrected chi connectivity index (χ2v) is 7.73. The van der Waals surface area contributed by atoms with Crippen molar-refractivity contribution in [2.75, 3.05) is 11.4 Å². The Morgan fingerprint density at radius 3 is 2.26 bits per heavy atom. The Kier molecular flexibility index (Phi) is 3.85. The molecular formula is C10H7BrClF2NO3S. The van der Waals surface area contributed by atoms with Gasteiger partial charge in [0, 0.05) is 29.3 Å². The Bertz CT molecular complexity index is 629. The van der Waals surface area contributed by atoms with E-state index in [1.807, 2.05) is 0 Å². The Hall–Kier alpha value is -0.730. The minimum atomic E-state index is -3.89. The maximum absolute atomic E-state index is 13.4. The van der Waals surface area contributed by atoms with Crippen LogP contribution >= 0.6 is 26.6 Å². The molecule has 0 N–H and O–H groups in total. The standard InChI is InChI=1S/C10H7BrClF2NO3S/c11-10-7(13)1-5(2-8(10)14)15-4-6(3-9(15)16)19(12,17)18/h1-2,6H,3-4H2. The molecule has 0 radical (unpaired) electrons. The van der Waals surface area contributed by atoms with Gasteiger partial charge in [0.1, 0.15) is 16.9 Å². The van der Waals surface area contributed by atoms with E-state index < -0.39 is 31.8 Å². The van der Waals surface area contributed by atoms with Gasteiger partial charge in [-0.2, -0.15) is 0 Å². The lowest BCUT2D eigenvalue weighted by atomic mass is 10.3. The van der Waals surface area contributed by atoms with Crippen molar-refractivity contribution in [1.29, 1.82) is 0 Å². The van der Waals surface area contributed by atoms with Crippen molar-refractivity contribution in [2.24, 2.45) is 0 Å². The highest BCUT2D eigenvalue weighted by atomic mass is 79.9. The van der Waals surface area contributed by atoms with Crippen LogP contribution in [0.1, 0.15) is 6.42 Å². The summed E-state index contributed by atoms with van der Waals surface area (Å²) in [5.41, 5.74) is -0.0361. The third kappa shape index (κ3) is 2.90. The maximum Gasteiger partial charge on any atom is 0.237 e. The molecule has 0 aliphatic carbocycles. The summed E-state index contributed by atoms with van der Waals surface area (Å²) in [4.78, 5) is 12.7. The van der Waals surface area contributed by atoms with Crippen LogP contribution in [-0.4, -0.2) is 26.1 Å². The van der Waals surface area contributed by atoms with Crippen molar-refractivity contribution in [2.45, 2.75) is 11.7 Å². The Labute approximate surface area is 120 Å². The molecule has 1 amide bonds. The minimum Gasteiger partial charge on any atom is -0.311 e. The quantitative estimate of drug-likeness (QED) is 0.590. The van der Waals surface area contributed by atoms with Gasteiger partial charge in [0.15, 0.2) is 0 Å². The zero-order valence-corrected chi connectivity index (χ0v) is 12.4. The number of amides is 1. The van der Waals surface area contributed by atoms with Crippen LogP contribution in [-0.2, 0) is 13.8 Å². The van der Waals surface area contributed by atoms with E-state index in [-0.39, 0.29) is 23.1 Å². The molecule has 4 nitrogen and oxygen atoms in total. The molecule has 104 valence electrons. The molecule has 0 aromatic heterocycles. The van der Waals surface area contributed by atoms with Crippen LogP contribution in [0.15, 0.2) is 16.6 Å². The summed E-state index contributed by atoms with van der Waals surface area (Å²) in [5, 5.41) is -1.07. The molecule has 9 heteroatoms. The summed E-state index contributed by atoms with van der Waals surface area (Å²) in [5.74, 6) is -2.30. The maximum atomic E-state index is 13.4. The Morgan fingerprint density at radius 2 is 1.84 bits per heavy atom. The van der Waals surface area contributed by atoms with Crippen molar-refractivity contribution in [3.05, 3.63) is 28.2 Å². The largest absolute Gasteiger partial charge is 0.311 e. The van der Waals surface area contributed by atoms with Gasteiger partial charge in [-0.25, -0.2) is 17.2 Å². The van der Waals surface area contributed by atoms with E-state index in [1.165, 1.54) is 0 Å². The second-order valence-electron chi connectivity index (χ2n) is 4.03. The van der Waals surface area contributed by atoms with E-state index in [2.05, 4.69) is 15.9 Å². The number of rotatable bonds is 2. The first-order valence-corrected chi connectivity index (χ1v) is 8.25. The predicted molar refractivity (Wildman–Crippen MR) is 69.6 cm³/mol. The molecule has 1 aliphatic rings. The molecular weight excluding hydrogens is 368 g/mol. The van der Waals surface area contributed by atoms with Gasteiger partial charge in [-0.3, -0.25) is 4.79 Å². The number of carbonyl (C=O) groups excluding carboxylic acids is 1. The SMILES string of the molecule is O=C1CC(S(=O)(=O)Cl)CN1c1cc(F)c(Br)c(F)c1. The van der Waals surface area contributed by atoms with E-state index in [4.69, 9.17) is 10.7 Å². The van der Waals surface area contributed by atoms with Crippen LogP contribution in [0.4, 0.5) is 14.5 Å². The predicted octanol–water partition coefficient (Wildman–Crippen LogP) is 2.40. The van der Waals surface area contributed by atoms with E-state index in [9.17, 15) is 22.0 Å². The molecule has 1 aromatic carbocycles. The topological polar surface area (TPSA) is 54.5 Å². The van der Waals surface area contributed by atoms with Gasteiger partial charge in [0.2, 0.25) is 15.0 Å². The Balaban J connectivity index is 2.36. The minimum absolute atomic E-state index is 0.0361. The van der Waals surface area contributed by atoms with Crippen molar-refractivity contribution in [3.63, 3.8) is 0 Å². The number of nitrogens with zero attached hydrogens (tertiary/aromatic N) is 1. The van der Waals surface area contributed by atoms with Gasteiger partial charge in [0.05, 0.1) is 4.47 Å². The zero-order chi connectivity index (χ0) is 14.4. The van der Waals surface area contributed by atoms with Gasteiger partial charge in [-0.15, -0.1) is 0 Å². The van der Waals surface area contributed by atoms with E-state index in [0.29, 0.717) is 0 Å². The lowest BCUT2D eigenvalue weighted by Gasteiger charge is -2.16. The molecule has 1 atom stereocenters. The average molecular weight is 375 g/mol. The second kappa shape index (κ2) is 4.99. The lowest BCUT2D eigenvalue weighted by molar-refractivity contribution is -0.117. The van der Waals surface area contributed by atoms with Crippen LogP contribution in [0, 0.1) is 11.6 Å². The highest BCUT2D eigenvalue weighted by Gasteiger charge is 2.38. The van der Waals surface area contributed by atoms with Crippen LogP contribution in [0.3, 0.4) is 0 Å². The first-order valence-electron chi connectivity index (χ1n) is 5.08. The van der Waals surface area contributed by atoms with Crippen LogP contribution in [0.25, 0.3) is 0 Å². The van der Waals surface area contributed by atoms with Crippen LogP contribution < -0.4 is 4.90 Å². The van der Waals surface area contributed by atoms with E-state index in [1.54, 1.807) is 0 Å². The third-order valence-corrected chi connectivity index (χ3v) is 5.39. The molecule has 0 spiro atoms. The highest BCUT2D eigenvalue weighted by Crippen LogP contribution is 2.30. The monoisotopic (exact) mass is 373 g/mol.